The molecule has 0 fully saturated rings. The van der Waals surface area contributed by atoms with E-state index >= 15 is 0 Å². The van der Waals surface area contributed by atoms with Crippen molar-refractivity contribution in [3.05, 3.63) is 15.5 Å². The largest absolute Gasteiger partial charge is 0.299 e. The van der Waals surface area contributed by atoms with Crippen molar-refractivity contribution in [1.29, 1.82) is 0 Å². The summed E-state index contributed by atoms with van der Waals surface area (Å²) >= 11 is 7.05. The first-order valence-corrected chi connectivity index (χ1v) is 8.20. The normalized spacial score (nSPS) is 12.1. The number of aromatic nitrogens is 4. The van der Waals surface area contributed by atoms with E-state index in [1.807, 2.05) is 6.92 Å². The molecule has 0 bridgehead atoms. The molecule has 1 N–H and O–H groups in total. The number of nitrogens with zero attached hydrogens (tertiary/aromatic N) is 3. The first-order valence-electron chi connectivity index (χ1n) is 6.98. The second-order valence-corrected chi connectivity index (χ2v) is 7.61. The fourth-order valence-electron chi connectivity index (χ4n) is 2.10. The summed E-state index contributed by atoms with van der Waals surface area (Å²) in [5.74, 6) is 0.930. The minimum absolute atomic E-state index is 0.00322. The lowest BCUT2D eigenvalue weighted by Gasteiger charge is -2.17. The molecular formula is C14H22N4S2. The topological polar surface area (TPSA) is 46.5 Å². The number of hydrogen-bond donors (Lipinski definition) is 1. The highest BCUT2D eigenvalue weighted by atomic mass is 32.1. The van der Waals surface area contributed by atoms with Crippen LogP contribution in [0.4, 0.5) is 0 Å². The van der Waals surface area contributed by atoms with Crippen LogP contribution in [0.15, 0.2) is 0 Å². The zero-order valence-corrected chi connectivity index (χ0v) is 14.4. The maximum absolute atomic E-state index is 5.36. The maximum Gasteiger partial charge on any atom is 0.195 e. The van der Waals surface area contributed by atoms with Gasteiger partial charge in [0.2, 0.25) is 0 Å². The molecule has 0 amide bonds. The van der Waals surface area contributed by atoms with Crippen LogP contribution < -0.4 is 0 Å². The van der Waals surface area contributed by atoms with Gasteiger partial charge in [-0.2, -0.15) is 5.10 Å². The maximum atomic E-state index is 5.36. The summed E-state index contributed by atoms with van der Waals surface area (Å²) < 4.78 is 2.79. The minimum Gasteiger partial charge on any atom is -0.299 e. The highest BCUT2D eigenvalue weighted by Crippen LogP contribution is 2.36. The first kappa shape index (κ1) is 15.4. The Morgan fingerprint density at radius 2 is 2.05 bits per heavy atom. The molecule has 110 valence electrons. The van der Waals surface area contributed by atoms with E-state index in [0.717, 1.165) is 40.8 Å². The monoisotopic (exact) mass is 310 g/mol. The molecule has 4 nitrogen and oxygen atoms in total. The summed E-state index contributed by atoms with van der Waals surface area (Å²) in [7, 11) is 0. The average Bonchev–Trinajstić information content (AvgIpc) is 2.89. The van der Waals surface area contributed by atoms with E-state index in [4.69, 9.17) is 17.2 Å². The van der Waals surface area contributed by atoms with E-state index in [9.17, 15) is 0 Å². The van der Waals surface area contributed by atoms with Crippen LogP contribution in [0.2, 0.25) is 0 Å². The third kappa shape index (κ3) is 3.01. The Morgan fingerprint density at radius 3 is 2.65 bits per heavy atom. The fourth-order valence-corrected chi connectivity index (χ4v) is 3.45. The van der Waals surface area contributed by atoms with Crippen molar-refractivity contribution in [3.8, 4) is 10.7 Å². The van der Waals surface area contributed by atoms with Crippen LogP contribution in [-0.4, -0.2) is 19.7 Å². The molecule has 0 aliphatic heterocycles. The second kappa shape index (κ2) is 5.77. The van der Waals surface area contributed by atoms with E-state index < -0.39 is 0 Å². The van der Waals surface area contributed by atoms with Gasteiger partial charge in [-0.15, -0.1) is 11.3 Å². The Bertz CT molecular complexity index is 643. The van der Waals surface area contributed by atoms with E-state index in [-0.39, 0.29) is 5.41 Å². The minimum atomic E-state index is 0.00322. The molecule has 0 aromatic carbocycles. The van der Waals surface area contributed by atoms with Crippen LogP contribution in [-0.2, 0) is 12.0 Å². The Morgan fingerprint density at radius 1 is 1.35 bits per heavy atom. The molecule has 0 aliphatic rings. The van der Waals surface area contributed by atoms with Gasteiger partial charge in [0.05, 0.1) is 15.6 Å². The number of nitrogens with one attached hydrogen (secondary N) is 1. The molecule has 0 atom stereocenters. The molecular weight excluding hydrogens is 288 g/mol. The van der Waals surface area contributed by atoms with Crippen molar-refractivity contribution in [2.24, 2.45) is 0 Å². The molecule has 0 saturated heterocycles. The molecule has 2 rings (SSSR count). The van der Waals surface area contributed by atoms with E-state index in [0.29, 0.717) is 4.77 Å². The molecule has 0 unspecified atom stereocenters. The van der Waals surface area contributed by atoms with Crippen molar-refractivity contribution in [3.63, 3.8) is 0 Å². The predicted octanol–water partition coefficient (Wildman–Crippen LogP) is 4.47. The molecule has 0 spiro atoms. The van der Waals surface area contributed by atoms with Crippen LogP contribution in [0.5, 0.6) is 0 Å². The van der Waals surface area contributed by atoms with Gasteiger partial charge in [-0.05, 0) is 25.6 Å². The lowest BCUT2D eigenvalue weighted by molar-refractivity contribution is 0.571. The zero-order valence-electron chi connectivity index (χ0n) is 12.8. The van der Waals surface area contributed by atoms with E-state index in [1.54, 1.807) is 11.3 Å². The van der Waals surface area contributed by atoms with Gasteiger partial charge in [0.25, 0.3) is 0 Å². The molecule has 0 aliphatic carbocycles. The first-order chi connectivity index (χ1) is 9.34. The van der Waals surface area contributed by atoms with Crippen LogP contribution >= 0.6 is 23.6 Å². The summed E-state index contributed by atoms with van der Waals surface area (Å²) in [5.41, 5.74) is 1.11. The van der Waals surface area contributed by atoms with Crippen LogP contribution in [0, 0.1) is 11.7 Å². The average molecular weight is 310 g/mol. The van der Waals surface area contributed by atoms with E-state index in [2.05, 4.69) is 42.5 Å². The lowest BCUT2D eigenvalue weighted by atomic mass is 9.91. The van der Waals surface area contributed by atoms with Gasteiger partial charge in [-0.1, -0.05) is 34.1 Å². The van der Waals surface area contributed by atoms with Crippen molar-refractivity contribution in [2.75, 3.05) is 0 Å². The van der Waals surface area contributed by atoms with Gasteiger partial charge in [0.1, 0.15) is 0 Å². The van der Waals surface area contributed by atoms with Gasteiger partial charge in [-0.3, -0.25) is 9.67 Å². The SMILES string of the molecule is CCCCn1c(-c2sc(C)nc2C(C)(C)C)n[nH]c1=S. The third-order valence-electron chi connectivity index (χ3n) is 3.14. The quantitative estimate of drug-likeness (QED) is 0.847. The lowest BCUT2D eigenvalue weighted by Crippen LogP contribution is -2.14. The smallest absolute Gasteiger partial charge is 0.195 e. The van der Waals surface area contributed by atoms with Crippen molar-refractivity contribution in [1.82, 2.24) is 19.7 Å². The number of rotatable bonds is 4. The number of H-pyrrole nitrogens is 1. The van der Waals surface area contributed by atoms with Crippen LogP contribution in [0.3, 0.4) is 0 Å². The fraction of sp³-hybridized carbons (Fsp3) is 0.643. The third-order valence-corrected chi connectivity index (χ3v) is 4.42. The Labute approximate surface area is 129 Å². The van der Waals surface area contributed by atoms with Gasteiger partial charge < -0.3 is 0 Å². The van der Waals surface area contributed by atoms with Crippen molar-refractivity contribution < 1.29 is 0 Å². The number of unbranched alkanes of at least 4 members (excludes halogenated alkanes) is 1. The standard InChI is InChI=1S/C14H22N4S2/c1-6-7-8-18-12(16-17-13(18)19)10-11(14(3,4)5)15-9(2)20-10/h6-8H2,1-5H3,(H,17,19). The second-order valence-electron chi connectivity index (χ2n) is 6.02. The molecule has 0 saturated carbocycles. The van der Waals surface area contributed by atoms with Gasteiger partial charge >= 0.3 is 0 Å². The van der Waals surface area contributed by atoms with E-state index in [1.165, 1.54) is 0 Å². The molecule has 2 aromatic heterocycles. The van der Waals surface area contributed by atoms with Crippen molar-refractivity contribution in [2.45, 2.75) is 59.4 Å². The highest BCUT2D eigenvalue weighted by molar-refractivity contribution is 7.71. The molecule has 2 heterocycles. The van der Waals surface area contributed by atoms with Crippen LogP contribution in [0.1, 0.15) is 51.2 Å². The number of aryl methyl sites for hydroxylation is 1. The van der Waals surface area contributed by atoms with Gasteiger partial charge in [-0.25, -0.2) is 4.98 Å². The predicted molar refractivity (Wildman–Crippen MR) is 86.9 cm³/mol. The summed E-state index contributed by atoms with van der Waals surface area (Å²) in [6, 6.07) is 0. The Kier molecular flexibility index (Phi) is 4.44. The van der Waals surface area contributed by atoms with Crippen LogP contribution in [0.25, 0.3) is 10.7 Å². The Hall–Kier alpha value is -1.01. The number of aromatic amines is 1. The van der Waals surface area contributed by atoms with Crippen molar-refractivity contribution >= 4 is 23.6 Å². The molecule has 6 heteroatoms. The van der Waals surface area contributed by atoms with Gasteiger partial charge in [0.15, 0.2) is 10.6 Å². The molecule has 2 aromatic rings. The summed E-state index contributed by atoms with van der Waals surface area (Å²) in [4.78, 5) is 5.84. The molecule has 20 heavy (non-hydrogen) atoms. The summed E-state index contributed by atoms with van der Waals surface area (Å²) in [6.07, 6.45) is 2.24. The number of thiazole rings is 1. The summed E-state index contributed by atoms with van der Waals surface area (Å²) in [5, 5.41) is 8.44. The Balaban J connectivity index is 2.55. The van der Waals surface area contributed by atoms with Gasteiger partial charge in [0, 0.05) is 12.0 Å². The number of hydrogen-bond acceptors (Lipinski definition) is 4. The zero-order chi connectivity index (χ0) is 14.9. The summed E-state index contributed by atoms with van der Waals surface area (Å²) in [6.45, 7) is 11.7. The molecule has 0 radical (unpaired) electrons. The highest BCUT2D eigenvalue weighted by Gasteiger charge is 2.26.